The molecule has 0 bridgehead atoms. The molecule has 3 rings (SSSR count). The minimum Gasteiger partial charge on any atom is -0.358 e. The number of thiophene rings is 1. The molecular formula is C16H19N3O2S2. The van der Waals surface area contributed by atoms with Crippen molar-refractivity contribution in [3.8, 4) is 10.6 Å². The highest BCUT2D eigenvalue weighted by Gasteiger charge is 2.36. The number of Topliss-reactive ketones (excluding diaryl/α,β-unsaturated/α-hetero) is 1. The number of carbonyl (C=O) groups is 2. The molecule has 1 amide bonds. The Labute approximate surface area is 143 Å². The summed E-state index contributed by atoms with van der Waals surface area (Å²) < 4.78 is 0.933. The van der Waals surface area contributed by atoms with Gasteiger partial charge in [0, 0.05) is 25.2 Å². The Morgan fingerprint density at radius 2 is 2.26 bits per heavy atom. The SMILES string of the molecule is CNC(=O)CSc1sc(-c2cc[nH]n2)c2c1C(=O)CC(C)(C)C2. The van der Waals surface area contributed by atoms with Crippen LogP contribution in [0.4, 0.5) is 0 Å². The van der Waals surface area contributed by atoms with E-state index in [-0.39, 0.29) is 17.1 Å². The van der Waals surface area contributed by atoms with Crippen molar-refractivity contribution >= 4 is 34.8 Å². The van der Waals surface area contributed by atoms with Gasteiger partial charge in [-0.2, -0.15) is 5.10 Å². The lowest BCUT2D eigenvalue weighted by Gasteiger charge is -2.29. The average Bonchev–Trinajstić information content (AvgIpc) is 3.10. The van der Waals surface area contributed by atoms with Gasteiger partial charge in [-0.25, -0.2) is 0 Å². The second kappa shape index (κ2) is 6.13. The molecule has 0 fully saturated rings. The molecule has 0 radical (unpaired) electrons. The highest BCUT2D eigenvalue weighted by atomic mass is 32.2. The van der Waals surface area contributed by atoms with E-state index in [9.17, 15) is 9.59 Å². The summed E-state index contributed by atoms with van der Waals surface area (Å²) in [5.41, 5.74) is 2.71. The van der Waals surface area contributed by atoms with E-state index in [0.717, 1.165) is 32.3 Å². The van der Waals surface area contributed by atoms with E-state index in [0.29, 0.717) is 12.2 Å². The normalized spacial score (nSPS) is 16.2. The number of fused-ring (bicyclic) bond motifs is 1. The number of aromatic nitrogens is 2. The zero-order valence-corrected chi connectivity index (χ0v) is 15.0. The summed E-state index contributed by atoms with van der Waals surface area (Å²) in [4.78, 5) is 25.3. The van der Waals surface area contributed by atoms with Gasteiger partial charge in [-0.3, -0.25) is 14.7 Å². The maximum Gasteiger partial charge on any atom is 0.230 e. The molecule has 2 N–H and O–H groups in total. The number of nitrogens with one attached hydrogen (secondary N) is 2. The van der Waals surface area contributed by atoms with E-state index in [2.05, 4.69) is 29.4 Å². The molecule has 23 heavy (non-hydrogen) atoms. The zero-order valence-electron chi connectivity index (χ0n) is 13.4. The fourth-order valence-electron chi connectivity index (χ4n) is 2.86. The van der Waals surface area contributed by atoms with E-state index in [4.69, 9.17) is 0 Å². The fraction of sp³-hybridized carbons (Fsp3) is 0.438. The molecule has 2 aromatic heterocycles. The van der Waals surface area contributed by atoms with Crippen molar-refractivity contribution < 1.29 is 9.59 Å². The van der Waals surface area contributed by atoms with Gasteiger partial charge in [0.15, 0.2) is 5.78 Å². The minimum absolute atomic E-state index is 0.0398. The van der Waals surface area contributed by atoms with Gasteiger partial charge < -0.3 is 5.32 Å². The molecule has 1 aliphatic carbocycles. The molecule has 5 nitrogen and oxygen atoms in total. The smallest absolute Gasteiger partial charge is 0.230 e. The van der Waals surface area contributed by atoms with Crippen molar-refractivity contribution in [1.82, 2.24) is 15.5 Å². The maximum absolute atomic E-state index is 12.7. The van der Waals surface area contributed by atoms with Gasteiger partial charge in [0.2, 0.25) is 5.91 Å². The Balaban J connectivity index is 2.05. The number of hydrogen-bond acceptors (Lipinski definition) is 5. The van der Waals surface area contributed by atoms with Crippen LogP contribution in [-0.4, -0.2) is 34.7 Å². The molecule has 0 aromatic carbocycles. The first-order valence-electron chi connectivity index (χ1n) is 7.43. The standard InChI is InChI=1S/C16H19N3O2S2/c1-16(2)6-9-13(11(20)7-16)15(22-8-12(21)17-3)23-14(9)10-4-5-18-19-10/h4-5H,6-8H2,1-3H3,(H,17,21)(H,18,19). The third-order valence-corrected chi connectivity index (χ3v) is 6.42. The largest absolute Gasteiger partial charge is 0.358 e. The van der Waals surface area contributed by atoms with Crippen molar-refractivity contribution in [1.29, 1.82) is 0 Å². The van der Waals surface area contributed by atoms with Crippen LogP contribution in [0.25, 0.3) is 10.6 Å². The van der Waals surface area contributed by atoms with E-state index in [1.54, 1.807) is 24.6 Å². The predicted molar refractivity (Wildman–Crippen MR) is 93.1 cm³/mol. The van der Waals surface area contributed by atoms with Crippen LogP contribution in [0.15, 0.2) is 16.5 Å². The molecule has 0 saturated carbocycles. The highest BCUT2D eigenvalue weighted by molar-refractivity contribution is 8.01. The third kappa shape index (κ3) is 3.21. The van der Waals surface area contributed by atoms with Crippen molar-refractivity contribution in [2.24, 2.45) is 5.41 Å². The van der Waals surface area contributed by atoms with Crippen LogP contribution in [-0.2, 0) is 11.2 Å². The van der Waals surface area contributed by atoms with Crippen molar-refractivity contribution in [2.75, 3.05) is 12.8 Å². The fourth-order valence-corrected chi connectivity index (χ4v) is 5.35. The Kier molecular flexibility index (Phi) is 4.33. The molecular weight excluding hydrogens is 330 g/mol. The van der Waals surface area contributed by atoms with Crippen LogP contribution < -0.4 is 5.32 Å². The molecule has 0 unspecified atom stereocenters. The minimum atomic E-state index is -0.0427. The Hall–Kier alpha value is -1.60. The van der Waals surface area contributed by atoms with E-state index < -0.39 is 0 Å². The summed E-state index contributed by atoms with van der Waals surface area (Å²) in [6.45, 7) is 4.24. The molecule has 122 valence electrons. The van der Waals surface area contributed by atoms with Crippen LogP contribution in [0.5, 0.6) is 0 Å². The molecule has 1 aliphatic rings. The predicted octanol–water partition coefficient (Wildman–Crippen LogP) is 3.13. The first-order valence-corrected chi connectivity index (χ1v) is 9.24. The number of amides is 1. The van der Waals surface area contributed by atoms with Gasteiger partial charge in [-0.1, -0.05) is 13.8 Å². The zero-order chi connectivity index (χ0) is 16.6. The summed E-state index contributed by atoms with van der Waals surface area (Å²) in [6, 6.07) is 1.92. The number of ketones is 1. The molecule has 0 spiro atoms. The Bertz CT molecular complexity index is 748. The molecule has 0 saturated heterocycles. The second-order valence-electron chi connectivity index (χ2n) is 6.43. The molecule has 2 aromatic rings. The van der Waals surface area contributed by atoms with Crippen LogP contribution in [0, 0.1) is 5.41 Å². The lowest BCUT2D eigenvalue weighted by atomic mass is 9.74. The Morgan fingerprint density at radius 1 is 1.48 bits per heavy atom. The first-order chi connectivity index (χ1) is 10.9. The molecule has 0 aliphatic heterocycles. The van der Waals surface area contributed by atoms with Crippen molar-refractivity contribution in [3.63, 3.8) is 0 Å². The molecule has 0 atom stereocenters. The maximum atomic E-state index is 12.7. The first kappa shape index (κ1) is 16.3. The topological polar surface area (TPSA) is 74.8 Å². The third-order valence-electron chi connectivity index (χ3n) is 3.89. The monoisotopic (exact) mass is 349 g/mol. The van der Waals surface area contributed by atoms with Crippen LogP contribution >= 0.6 is 23.1 Å². The highest BCUT2D eigenvalue weighted by Crippen LogP contribution is 2.48. The van der Waals surface area contributed by atoms with Crippen LogP contribution in [0.2, 0.25) is 0 Å². The lowest BCUT2D eigenvalue weighted by molar-refractivity contribution is -0.118. The van der Waals surface area contributed by atoms with Crippen LogP contribution in [0.3, 0.4) is 0 Å². The van der Waals surface area contributed by atoms with Gasteiger partial charge in [0.1, 0.15) is 5.69 Å². The lowest BCUT2D eigenvalue weighted by Crippen LogP contribution is -2.26. The number of nitrogens with zero attached hydrogens (tertiary/aromatic N) is 1. The van der Waals surface area contributed by atoms with E-state index in [1.807, 2.05) is 6.07 Å². The average molecular weight is 349 g/mol. The quantitative estimate of drug-likeness (QED) is 0.832. The van der Waals surface area contributed by atoms with Crippen molar-refractivity contribution in [3.05, 3.63) is 23.4 Å². The van der Waals surface area contributed by atoms with Crippen LogP contribution in [0.1, 0.15) is 36.2 Å². The number of carbonyl (C=O) groups excluding carboxylic acids is 2. The summed E-state index contributed by atoms with van der Waals surface area (Å²) >= 11 is 3.01. The number of H-pyrrole nitrogens is 1. The molecule has 2 heterocycles. The number of aromatic amines is 1. The number of thioether (sulfide) groups is 1. The van der Waals surface area contributed by atoms with Crippen molar-refractivity contribution in [2.45, 2.75) is 30.9 Å². The summed E-state index contributed by atoms with van der Waals surface area (Å²) in [5.74, 6) is 0.455. The summed E-state index contributed by atoms with van der Waals surface area (Å²) in [6.07, 6.45) is 3.19. The van der Waals surface area contributed by atoms with Gasteiger partial charge in [0.05, 0.1) is 14.8 Å². The second-order valence-corrected chi connectivity index (χ2v) is 8.70. The summed E-state index contributed by atoms with van der Waals surface area (Å²) in [7, 11) is 1.62. The van der Waals surface area contributed by atoms with E-state index in [1.165, 1.54) is 11.8 Å². The van der Waals surface area contributed by atoms with Gasteiger partial charge in [-0.05, 0) is 23.5 Å². The van der Waals surface area contributed by atoms with Gasteiger partial charge in [-0.15, -0.1) is 23.1 Å². The number of rotatable bonds is 4. The number of hydrogen-bond donors (Lipinski definition) is 2. The molecule has 7 heteroatoms. The van der Waals surface area contributed by atoms with Gasteiger partial charge in [0.25, 0.3) is 0 Å². The van der Waals surface area contributed by atoms with E-state index >= 15 is 0 Å². The Morgan fingerprint density at radius 3 is 2.91 bits per heavy atom. The summed E-state index contributed by atoms with van der Waals surface area (Å²) in [5, 5.41) is 9.73. The van der Waals surface area contributed by atoms with Gasteiger partial charge >= 0.3 is 0 Å².